The van der Waals surface area contributed by atoms with Crippen LogP contribution in [0.4, 0.5) is 4.79 Å². The number of amides is 3. The maximum atomic E-state index is 12.0. The molecule has 0 aromatic heterocycles. The van der Waals surface area contributed by atoms with Crippen LogP contribution in [0.1, 0.15) is 39.7 Å². The number of ether oxygens (including phenoxy) is 1. The minimum Gasteiger partial charge on any atom is -0.481 e. The summed E-state index contributed by atoms with van der Waals surface area (Å²) >= 11 is 0. The van der Waals surface area contributed by atoms with Crippen LogP contribution in [0, 0.1) is 0 Å². The molecule has 0 aliphatic heterocycles. The molecule has 0 radical (unpaired) electrons. The minimum absolute atomic E-state index is 0.0653. The maximum Gasteiger partial charge on any atom is 0.407 e. The molecule has 174 valence electrons. The van der Waals surface area contributed by atoms with Gasteiger partial charge in [0.1, 0.15) is 5.60 Å². The highest BCUT2D eigenvalue weighted by Gasteiger charge is 2.16. The number of carbonyl (C=O) groups is 4. The average molecular weight is 446 g/mol. The van der Waals surface area contributed by atoms with Crippen molar-refractivity contribution in [2.45, 2.75) is 46.3 Å². The Kier molecular flexibility index (Phi) is 10.7. The second-order valence-electron chi connectivity index (χ2n) is 7.89. The van der Waals surface area contributed by atoms with Gasteiger partial charge in [0, 0.05) is 26.4 Å². The highest BCUT2D eigenvalue weighted by Crippen LogP contribution is 2.18. The van der Waals surface area contributed by atoms with Crippen LogP contribution in [0.15, 0.2) is 42.5 Å². The van der Waals surface area contributed by atoms with Crippen molar-refractivity contribution in [3.05, 3.63) is 48.0 Å². The van der Waals surface area contributed by atoms with Crippen LogP contribution in [0.25, 0.3) is 10.8 Å². The molecule has 4 N–H and O–H groups in total. The highest BCUT2D eigenvalue weighted by atomic mass is 16.6. The fourth-order valence-corrected chi connectivity index (χ4v) is 2.56. The summed E-state index contributed by atoms with van der Waals surface area (Å²) in [4.78, 5) is 44.3. The summed E-state index contributed by atoms with van der Waals surface area (Å²) in [5.74, 6) is -1.43. The van der Waals surface area contributed by atoms with Crippen molar-refractivity contribution in [1.29, 1.82) is 0 Å². The second kappa shape index (κ2) is 12.9. The first-order valence-electron chi connectivity index (χ1n) is 10.1. The fraction of sp³-hybridized carbons (Fsp3) is 0.391. The zero-order valence-corrected chi connectivity index (χ0v) is 18.9. The number of carboxylic acid groups (broad SMARTS) is 1. The summed E-state index contributed by atoms with van der Waals surface area (Å²) in [5.41, 5.74) is 0.424. The van der Waals surface area contributed by atoms with Gasteiger partial charge in [-0.05, 0) is 37.1 Å². The number of benzene rings is 2. The van der Waals surface area contributed by atoms with Crippen molar-refractivity contribution in [3.63, 3.8) is 0 Å². The van der Waals surface area contributed by atoms with Gasteiger partial charge in [-0.1, -0.05) is 42.5 Å². The molecule has 32 heavy (non-hydrogen) atoms. The summed E-state index contributed by atoms with van der Waals surface area (Å²) in [7, 11) is 0. The fourth-order valence-electron chi connectivity index (χ4n) is 2.56. The molecule has 0 saturated carbocycles. The van der Waals surface area contributed by atoms with E-state index in [4.69, 9.17) is 14.6 Å². The molecule has 0 spiro atoms. The molecule has 2 aromatic rings. The van der Waals surface area contributed by atoms with Gasteiger partial charge in [-0.25, -0.2) is 4.79 Å². The maximum absolute atomic E-state index is 12.0. The molecule has 2 aromatic carbocycles. The van der Waals surface area contributed by atoms with Gasteiger partial charge < -0.3 is 25.8 Å². The molecule has 0 unspecified atom stereocenters. The van der Waals surface area contributed by atoms with E-state index in [1.807, 2.05) is 42.5 Å². The normalized spacial score (nSPS) is 10.4. The van der Waals surface area contributed by atoms with E-state index >= 15 is 0 Å². The third-order valence-corrected chi connectivity index (χ3v) is 3.82. The molecule has 0 fully saturated rings. The Bertz CT molecular complexity index is 927. The van der Waals surface area contributed by atoms with Crippen molar-refractivity contribution in [1.82, 2.24) is 16.0 Å². The smallest absolute Gasteiger partial charge is 0.407 e. The lowest BCUT2D eigenvalue weighted by molar-refractivity contribution is -0.134. The van der Waals surface area contributed by atoms with Crippen LogP contribution < -0.4 is 16.0 Å². The average Bonchev–Trinajstić information content (AvgIpc) is 2.69. The van der Waals surface area contributed by atoms with Gasteiger partial charge >= 0.3 is 6.09 Å². The first-order chi connectivity index (χ1) is 15.0. The van der Waals surface area contributed by atoms with Crippen LogP contribution in [-0.2, 0) is 25.7 Å². The van der Waals surface area contributed by atoms with E-state index in [1.54, 1.807) is 20.8 Å². The first-order valence-corrected chi connectivity index (χ1v) is 10.1. The number of hydrogen-bond acceptors (Lipinski definition) is 5. The standard InChI is InChI=1S/C21H27N3O4.C2H4O2/c1-21(2,3)28-20(27)22-12-11-18(25)24-14-19(26)23-13-16-9-6-8-15-7-4-5-10-17(15)16;1-2(3)4/h4-10H,11-14H2,1-3H3,(H,22,27)(H,23,26)(H,24,25);1H3,(H,3,4). The molecule has 3 amide bonds. The molecule has 0 aliphatic carbocycles. The summed E-state index contributed by atoms with van der Waals surface area (Å²) < 4.78 is 5.08. The van der Waals surface area contributed by atoms with E-state index in [2.05, 4.69) is 16.0 Å². The van der Waals surface area contributed by atoms with Crippen LogP contribution in [0.3, 0.4) is 0 Å². The van der Waals surface area contributed by atoms with Crippen LogP contribution in [-0.4, -0.2) is 47.7 Å². The molecular formula is C23H31N3O6. The largest absolute Gasteiger partial charge is 0.481 e. The summed E-state index contributed by atoms with van der Waals surface area (Å²) in [6.07, 6.45) is -0.510. The lowest BCUT2D eigenvalue weighted by atomic mass is 10.0. The third-order valence-electron chi connectivity index (χ3n) is 3.82. The molecule has 9 heteroatoms. The van der Waals surface area contributed by atoms with E-state index in [1.165, 1.54) is 0 Å². The summed E-state index contributed by atoms with van der Waals surface area (Å²) in [6, 6.07) is 13.9. The quantitative estimate of drug-likeness (QED) is 0.518. The van der Waals surface area contributed by atoms with Crippen molar-refractivity contribution in [2.24, 2.45) is 0 Å². The van der Waals surface area contributed by atoms with Gasteiger partial charge in [-0.3, -0.25) is 14.4 Å². The summed E-state index contributed by atoms with van der Waals surface area (Å²) in [5, 5.41) is 17.5. The Morgan fingerprint density at radius 3 is 2.19 bits per heavy atom. The van der Waals surface area contributed by atoms with Gasteiger partial charge in [-0.15, -0.1) is 0 Å². The third kappa shape index (κ3) is 11.5. The number of fused-ring (bicyclic) bond motifs is 1. The van der Waals surface area contributed by atoms with Gasteiger partial charge in [-0.2, -0.15) is 0 Å². The van der Waals surface area contributed by atoms with Gasteiger partial charge in [0.15, 0.2) is 0 Å². The van der Waals surface area contributed by atoms with Crippen molar-refractivity contribution >= 4 is 34.6 Å². The second-order valence-corrected chi connectivity index (χ2v) is 7.89. The Hall–Kier alpha value is -3.62. The van der Waals surface area contributed by atoms with Gasteiger partial charge in [0.05, 0.1) is 6.54 Å². The molecular weight excluding hydrogens is 414 g/mol. The number of carbonyl (C=O) groups excluding carboxylic acids is 3. The lowest BCUT2D eigenvalue weighted by Gasteiger charge is -2.19. The minimum atomic E-state index is -0.833. The topological polar surface area (TPSA) is 134 Å². The molecule has 2 rings (SSSR count). The lowest BCUT2D eigenvalue weighted by Crippen LogP contribution is -2.38. The first kappa shape index (κ1) is 26.4. The molecule has 9 nitrogen and oxygen atoms in total. The Morgan fingerprint density at radius 1 is 0.906 bits per heavy atom. The van der Waals surface area contributed by atoms with Crippen LogP contribution in [0.5, 0.6) is 0 Å². The Morgan fingerprint density at radius 2 is 1.53 bits per heavy atom. The van der Waals surface area contributed by atoms with Crippen molar-refractivity contribution < 1.29 is 29.0 Å². The number of aliphatic carboxylic acids is 1. The number of nitrogens with one attached hydrogen (secondary N) is 3. The van der Waals surface area contributed by atoms with E-state index in [-0.39, 0.29) is 31.3 Å². The Labute approximate surface area is 187 Å². The van der Waals surface area contributed by atoms with Crippen LogP contribution >= 0.6 is 0 Å². The summed E-state index contributed by atoms with van der Waals surface area (Å²) in [6.45, 7) is 6.77. The predicted octanol–water partition coefficient (Wildman–Crippen LogP) is 2.58. The number of hydrogen-bond donors (Lipinski definition) is 4. The molecule has 0 saturated heterocycles. The van der Waals surface area contributed by atoms with Crippen molar-refractivity contribution in [2.75, 3.05) is 13.1 Å². The van der Waals surface area contributed by atoms with Gasteiger partial charge in [0.2, 0.25) is 11.8 Å². The van der Waals surface area contributed by atoms with Gasteiger partial charge in [0.25, 0.3) is 5.97 Å². The number of carboxylic acids is 1. The monoisotopic (exact) mass is 445 g/mol. The molecule has 0 heterocycles. The predicted molar refractivity (Wildman–Crippen MR) is 121 cm³/mol. The number of alkyl carbamates (subject to hydrolysis) is 1. The number of rotatable bonds is 7. The van der Waals surface area contributed by atoms with E-state index < -0.39 is 17.7 Å². The molecule has 0 aliphatic rings. The molecule has 0 bridgehead atoms. The molecule has 0 atom stereocenters. The zero-order chi connectivity index (χ0) is 24.1. The van der Waals surface area contributed by atoms with Crippen LogP contribution in [0.2, 0.25) is 0 Å². The van der Waals surface area contributed by atoms with E-state index in [0.717, 1.165) is 23.3 Å². The Balaban J connectivity index is 0.00000118. The zero-order valence-electron chi connectivity index (χ0n) is 18.9. The highest BCUT2D eigenvalue weighted by molar-refractivity contribution is 5.87. The van der Waals surface area contributed by atoms with E-state index in [0.29, 0.717) is 6.54 Å². The van der Waals surface area contributed by atoms with Crippen molar-refractivity contribution in [3.8, 4) is 0 Å². The van der Waals surface area contributed by atoms with E-state index in [9.17, 15) is 14.4 Å². The SMILES string of the molecule is CC(=O)O.CC(C)(C)OC(=O)NCCC(=O)NCC(=O)NCc1cccc2ccccc12.